The molecule has 0 radical (unpaired) electrons. The molecule has 6 heteroatoms. The molecule has 5 nitrogen and oxygen atoms in total. The molecule has 19 heavy (non-hydrogen) atoms. The summed E-state index contributed by atoms with van der Waals surface area (Å²) in [6, 6.07) is 5.74. The van der Waals surface area contributed by atoms with Crippen molar-refractivity contribution in [3.63, 3.8) is 0 Å². The van der Waals surface area contributed by atoms with E-state index in [1.807, 2.05) is 29.7 Å². The first-order chi connectivity index (χ1) is 9.27. The molecule has 0 spiro atoms. The molecule has 0 saturated carbocycles. The fourth-order valence-electron chi connectivity index (χ4n) is 1.90. The lowest BCUT2D eigenvalue weighted by atomic mass is 10.2. The minimum Gasteiger partial charge on any atom is -0.266 e. The Kier molecular flexibility index (Phi) is 2.92. The average Bonchev–Trinajstić information content (AvgIpc) is 2.82. The summed E-state index contributed by atoms with van der Waals surface area (Å²) >= 11 is 5.32. The zero-order valence-corrected chi connectivity index (χ0v) is 11.1. The quantitative estimate of drug-likeness (QED) is 0.727. The maximum atomic E-state index is 5.32. The summed E-state index contributed by atoms with van der Waals surface area (Å²) in [5.41, 5.74) is 2.96. The zero-order valence-electron chi connectivity index (χ0n) is 10.2. The van der Waals surface area contributed by atoms with E-state index in [1.165, 1.54) is 0 Å². The highest BCUT2D eigenvalue weighted by Gasteiger charge is 2.12. The van der Waals surface area contributed by atoms with Gasteiger partial charge in [-0.1, -0.05) is 0 Å². The summed E-state index contributed by atoms with van der Waals surface area (Å²) in [6.07, 6.45) is 7.00. The second-order valence-electron chi connectivity index (χ2n) is 4.09. The number of rotatable bonds is 2. The Morgan fingerprint density at radius 2 is 1.84 bits per heavy atom. The van der Waals surface area contributed by atoms with Crippen LogP contribution in [0.5, 0.6) is 0 Å². The van der Waals surface area contributed by atoms with Gasteiger partial charge >= 0.3 is 0 Å². The number of hydrogen-bond acceptors (Lipinski definition) is 4. The van der Waals surface area contributed by atoms with Crippen molar-refractivity contribution in [1.82, 2.24) is 24.7 Å². The van der Waals surface area contributed by atoms with E-state index >= 15 is 0 Å². The van der Waals surface area contributed by atoms with E-state index in [4.69, 9.17) is 12.2 Å². The highest BCUT2D eigenvalue weighted by Crippen LogP contribution is 2.22. The van der Waals surface area contributed by atoms with Crippen LogP contribution in [0.1, 0.15) is 5.56 Å². The van der Waals surface area contributed by atoms with Crippen LogP contribution in [-0.4, -0.2) is 24.7 Å². The summed E-state index contributed by atoms with van der Waals surface area (Å²) in [7, 11) is 0. The van der Waals surface area contributed by atoms with Gasteiger partial charge in [-0.3, -0.25) is 19.6 Å². The topological polar surface area (TPSA) is 59.4 Å². The van der Waals surface area contributed by atoms with Crippen molar-refractivity contribution in [3.05, 3.63) is 53.3 Å². The molecule has 0 aliphatic carbocycles. The van der Waals surface area contributed by atoms with Crippen molar-refractivity contribution in [2.45, 2.75) is 6.92 Å². The van der Waals surface area contributed by atoms with Crippen LogP contribution >= 0.6 is 12.2 Å². The predicted molar refractivity (Wildman–Crippen MR) is 74.5 cm³/mol. The van der Waals surface area contributed by atoms with Crippen LogP contribution in [0.25, 0.3) is 17.1 Å². The van der Waals surface area contributed by atoms with Crippen LogP contribution in [0.2, 0.25) is 0 Å². The fraction of sp³-hybridized carbons (Fsp3) is 0.0769. The van der Waals surface area contributed by atoms with Gasteiger partial charge in [0.15, 0.2) is 10.6 Å². The van der Waals surface area contributed by atoms with Crippen LogP contribution in [0, 0.1) is 11.7 Å². The van der Waals surface area contributed by atoms with Crippen molar-refractivity contribution >= 4 is 12.2 Å². The van der Waals surface area contributed by atoms with Gasteiger partial charge in [-0.05, 0) is 42.9 Å². The van der Waals surface area contributed by atoms with Crippen LogP contribution < -0.4 is 0 Å². The molecule has 1 N–H and O–H groups in total. The molecule has 0 bridgehead atoms. The van der Waals surface area contributed by atoms with Crippen molar-refractivity contribution in [3.8, 4) is 17.1 Å². The van der Waals surface area contributed by atoms with Crippen molar-refractivity contribution in [2.24, 2.45) is 0 Å². The minimum absolute atomic E-state index is 0.544. The van der Waals surface area contributed by atoms with E-state index in [9.17, 15) is 0 Å². The molecule has 0 aliphatic rings. The summed E-state index contributed by atoms with van der Waals surface area (Å²) in [4.78, 5) is 8.17. The Morgan fingerprint density at radius 1 is 1.11 bits per heavy atom. The summed E-state index contributed by atoms with van der Waals surface area (Å²) in [5.74, 6) is 0.753. The fourth-order valence-corrected chi connectivity index (χ4v) is 2.14. The number of nitrogens with one attached hydrogen (secondary N) is 1. The number of pyridine rings is 2. The third-order valence-electron chi connectivity index (χ3n) is 2.86. The first-order valence-corrected chi connectivity index (χ1v) is 6.17. The third kappa shape index (κ3) is 2.06. The minimum atomic E-state index is 0.544. The predicted octanol–water partition coefficient (Wildman–Crippen LogP) is 2.70. The van der Waals surface area contributed by atoms with E-state index in [1.54, 1.807) is 24.8 Å². The summed E-state index contributed by atoms with van der Waals surface area (Å²) in [5, 5.41) is 7.12. The molecule has 0 unspecified atom stereocenters. The SMILES string of the molecule is Cc1ccncc1-n1c(-c2ccncc2)n[nH]c1=S. The maximum absolute atomic E-state index is 5.32. The molecule has 0 atom stereocenters. The van der Waals surface area contributed by atoms with Gasteiger partial charge in [0.1, 0.15) is 0 Å². The number of aromatic nitrogens is 5. The summed E-state index contributed by atoms with van der Waals surface area (Å²) in [6.45, 7) is 2.02. The Hall–Kier alpha value is -2.34. The second kappa shape index (κ2) is 4.74. The molecular formula is C13H11N5S. The van der Waals surface area contributed by atoms with Crippen LogP contribution in [-0.2, 0) is 0 Å². The molecule has 0 saturated heterocycles. The first kappa shape index (κ1) is 11.7. The molecule has 3 aromatic heterocycles. The van der Waals surface area contributed by atoms with E-state index in [-0.39, 0.29) is 0 Å². The normalized spacial score (nSPS) is 10.6. The Balaban J connectivity index is 2.26. The maximum Gasteiger partial charge on any atom is 0.200 e. The van der Waals surface area contributed by atoms with Gasteiger partial charge in [0.05, 0.1) is 11.9 Å². The lowest BCUT2D eigenvalue weighted by Gasteiger charge is -2.08. The average molecular weight is 269 g/mol. The van der Waals surface area contributed by atoms with Crippen molar-refractivity contribution < 1.29 is 0 Å². The molecule has 3 rings (SSSR count). The first-order valence-electron chi connectivity index (χ1n) is 5.76. The van der Waals surface area contributed by atoms with Gasteiger partial charge in [0, 0.05) is 24.2 Å². The number of nitrogens with zero attached hydrogens (tertiary/aromatic N) is 4. The standard InChI is InChI=1S/C13H11N5S/c1-9-2-5-15-8-11(9)18-12(16-17-13(18)19)10-3-6-14-7-4-10/h2-8H,1H3,(H,17,19). The molecule has 0 fully saturated rings. The van der Waals surface area contributed by atoms with E-state index < -0.39 is 0 Å². The van der Waals surface area contributed by atoms with E-state index in [0.717, 1.165) is 22.6 Å². The number of H-pyrrole nitrogens is 1. The number of hydrogen-bond donors (Lipinski definition) is 1. The lowest BCUT2D eigenvalue weighted by Crippen LogP contribution is -2.00. The van der Waals surface area contributed by atoms with Gasteiger partial charge in [0.2, 0.25) is 0 Å². The Morgan fingerprint density at radius 3 is 2.58 bits per heavy atom. The van der Waals surface area contributed by atoms with Gasteiger partial charge in [-0.15, -0.1) is 0 Å². The van der Waals surface area contributed by atoms with E-state index in [2.05, 4.69) is 20.2 Å². The van der Waals surface area contributed by atoms with Crippen LogP contribution in [0.4, 0.5) is 0 Å². The van der Waals surface area contributed by atoms with Crippen LogP contribution in [0.15, 0.2) is 43.0 Å². The molecule has 3 heterocycles. The lowest BCUT2D eigenvalue weighted by molar-refractivity contribution is 1.01. The monoisotopic (exact) mass is 269 g/mol. The largest absolute Gasteiger partial charge is 0.266 e. The highest BCUT2D eigenvalue weighted by molar-refractivity contribution is 7.71. The second-order valence-corrected chi connectivity index (χ2v) is 4.47. The molecule has 0 amide bonds. The Labute approximate surface area is 115 Å². The van der Waals surface area contributed by atoms with E-state index in [0.29, 0.717) is 4.77 Å². The molecule has 0 aliphatic heterocycles. The van der Waals surface area contributed by atoms with Gasteiger partial charge in [-0.25, -0.2) is 0 Å². The van der Waals surface area contributed by atoms with Crippen molar-refractivity contribution in [2.75, 3.05) is 0 Å². The third-order valence-corrected chi connectivity index (χ3v) is 3.14. The van der Waals surface area contributed by atoms with Crippen LogP contribution in [0.3, 0.4) is 0 Å². The van der Waals surface area contributed by atoms with Gasteiger partial charge < -0.3 is 0 Å². The molecule has 94 valence electrons. The number of aryl methyl sites for hydroxylation is 1. The molecule has 3 aromatic rings. The zero-order chi connectivity index (χ0) is 13.2. The molecule has 0 aromatic carbocycles. The highest BCUT2D eigenvalue weighted by atomic mass is 32.1. The summed E-state index contributed by atoms with van der Waals surface area (Å²) < 4.78 is 2.43. The van der Waals surface area contributed by atoms with Gasteiger partial charge in [-0.2, -0.15) is 5.10 Å². The molecular weight excluding hydrogens is 258 g/mol. The number of aromatic amines is 1. The smallest absolute Gasteiger partial charge is 0.200 e. The van der Waals surface area contributed by atoms with Crippen molar-refractivity contribution in [1.29, 1.82) is 0 Å². The Bertz CT molecular complexity index is 760. The van der Waals surface area contributed by atoms with Gasteiger partial charge in [0.25, 0.3) is 0 Å².